The predicted molar refractivity (Wildman–Crippen MR) is 117 cm³/mol. The van der Waals surface area contributed by atoms with Gasteiger partial charge in [0.1, 0.15) is 11.5 Å². The molecule has 0 aliphatic rings. The van der Waals surface area contributed by atoms with Crippen LogP contribution in [0, 0.1) is 6.92 Å². The number of nitrogens with zero attached hydrogens (tertiary/aromatic N) is 5. The van der Waals surface area contributed by atoms with Crippen molar-refractivity contribution in [1.82, 2.24) is 24.4 Å². The summed E-state index contributed by atoms with van der Waals surface area (Å²) in [5.74, 6) is 1.60. The summed E-state index contributed by atoms with van der Waals surface area (Å²) in [6, 6.07) is 14.4. The average Bonchev–Trinajstić information content (AvgIpc) is 3.41. The number of ether oxygens (including phenoxy) is 2. The second-order valence-electron chi connectivity index (χ2n) is 6.47. The number of aromatic nitrogens is 5. The molecular formula is C21H20N6O3S. The monoisotopic (exact) mass is 436 g/mol. The lowest BCUT2D eigenvalue weighted by Crippen LogP contribution is -2.11. The van der Waals surface area contributed by atoms with Gasteiger partial charge in [0.25, 0.3) is 5.91 Å². The molecule has 0 fully saturated rings. The van der Waals surface area contributed by atoms with Gasteiger partial charge in [0.2, 0.25) is 5.13 Å². The van der Waals surface area contributed by atoms with Crippen LogP contribution in [0.5, 0.6) is 11.5 Å². The Morgan fingerprint density at radius 1 is 1.10 bits per heavy atom. The minimum Gasteiger partial charge on any atom is -0.497 e. The van der Waals surface area contributed by atoms with Crippen LogP contribution in [0.1, 0.15) is 23.0 Å². The standard InChI is InChI=1S/C21H20N6O3S/c1-4-30-17-11-7-15(8-12-17)27-13(2)18(24-26-27)19-22-21(31-25-19)23-20(28)14-5-9-16(29-3)10-6-14/h5-12H,4H2,1-3H3,(H,22,23,25,28). The van der Waals surface area contributed by atoms with E-state index in [0.29, 0.717) is 34.6 Å². The molecule has 10 heteroatoms. The Morgan fingerprint density at radius 3 is 2.48 bits per heavy atom. The van der Waals surface area contributed by atoms with E-state index in [9.17, 15) is 4.79 Å². The van der Waals surface area contributed by atoms with Crippen molar-refractivity contribution in [3.63, 3.8) is 0 Å². The molecule has 0 aliphatic carbocycles. The summed E-state index contributed by atoms with van der Waals surface area (Å²) >= 11 is 1.08. The van der Waals surface area contributed by atoms with Gasteiger partial charge in [-0.15, -0.1) is 5.10 Å². The summed E-state index contributed by atoms with van der Waals surface area (Å²) < 4.78 is 16.6. The Morgan fingerprint density at radius 2 is 1.81 bits per heavy atom. The van der Waals surface area contributed by atoms with E-state index >= 15 is 0 Å². The van der Waals surface area contributed by atoms with Crippen LogP contribution in [-0.4, -0.2) is 44.0 Å². The molecule has 0 unspecified atom stereocenters. The number of amides is 1. The van der Waals surface area contributed by atoms with E-state index < -0.39 is 0 Å². The number of methoxy groups -OCH3 is 1. The summed E-state index contributed by atoms with van der Waals surface area (Å²) in [6.45, 7) is 4.44. The Balaban J connectivity index is 1.50. The minimum absolute atomic E-state index is 0.278. The quantitative estimate of drug-likeness (QED) is 0.470. The first-order valence-corrected chi connectivity index (χ1v) is 10.3. The minimum atomic E-state index is -0.278. The number of hydrogen-bond acceptors (Lipinski definition) is 8. The molecule has 2 aromatic carbocycles. The van der Waals surface area contributed by atoms with Crippen LogP contribution in [0.15, 0.2) is 48.5 Å². The van der Waals surface area contributed by atoms with E-state index in [1.165, 1.54) is 0 Å². The molecule has 4 aromatic rings. The zero-order valence-electron chi connectivity index (χ0n) is 17.2. The molecule has 9 nitrogen and oxygen atoms in total. The van der Waals surface area contributed by atoms with Crippen LogP contribution < -0.4 is 14.8 Å². The lowest BCUT2D eigenvalue weighted by molar-refractivity contribution is 0.102. The summed E-state index contributed by atoms with van der Waals surface area (Å²) in [4.78, 5) is 16.8. The van der Waals surface area contributed by atoms with E-state index in [-0.39, 0.29) is 5.91 Å². The zero-order valence-corrected chi connectivity index (χ0v) is 18.0. The molecule has 0 spiro atoms. The topological polar surface area (TPSA) is 104 Å². The maximum absolute atomic E-state index is 12.4. The highest BCUT2D eigenvalue weighted by molar-refractivity contribution is 7.10. The van der Waals surface area contributed by atoms with Gasteiger partial charge in [-0.25, -0.2) is 4.68 Å². The summed E-state index contributed by atoms with van der Waals surface area (Å²) in [6.07, 6.45) is 0. The first-order chi connectivity index (χ1) is 15.1. The van der Waals surface area contributed by atoms with Gasteiger partial charge in [0.15, 0.2) is 11.5 Å². The van der Waals surface area contributed by atoms with Crippen LogP contribution in [0.3, 0.4) is 0 Å². The van der Waals surface area contributed by atoms with Crippen molar-refractivity contribution in [3.05, 3.63) is 59.8 Å². The van der Waals surface area contributed by atoms with Gasteiger partial charge < -0.3 is 9.47 Å². The van der Waals surface area contributed by atoms with Crippen molar-refractivity contribution in [2.75, 3.05) is 19.0 Å². The van der Waals surface area contributed by atoms with E-state index in [0.717, 1.165) is 28.7 Å². The largest absolute Gasteiger partial charge is 0.497 e. The van der Waals surface area contributed by atoms with Gasteiger partial charge in [-0.1, -0.05) is 5.21 Å². The van der Waals surface area contributed by atoms with E-state index in [1.807, 2.05) is 38.1 Å². The van der Waals surface area contributed by atoms with Crippen LogP contribution >= 0.6 is 11.5 Å². The SMILES string of the molecule is CCOc1ccc(-n2nnc(-c3nsc(NC(=O)c4ccc(OC)cc4)n3)c2C)cc1. The highest BCUT2D eigenvalue weighted by Gasteiger charge is 2.18. The van der Waals surface area contributed by atoms with Gasteiger partial charge in [0, 0.05) is 17.1 Å². The Bertz CT molecular complexity index is 1180. The van der Waals surface area contributed by atoms with E-state index in [4.69, 9.17) is 9.47 Å². The van der Waals surface area contributed by atoms with Crippen LogP contribution in [-0.2, 0) is 0 Å². The van der Waals surface area contributed by atoms with Crippen molar-refractivity contribution in [3.8, 4) is 28.7 Å². The molecule has 158 valence electrons. The summed E-state index contributed by atoms with van der Waals surface area (Å²) in [5, 5.41) is 11.6. The van der Waals surface area contributed by atoms with Crippen molar-refractivity contribution < 1.29 is 14.3 Å². The highest BCUT2D eigenvalue weighted by Crippen LogP contribution is 2.25. The fourth-order valence-electron chi connectivity index (χ4n) is 2.91. The van der Waals surface area contributed by atoms with Gasteiger partial charge in [-0.3, -0.25) is 10.1 Å². The predicted octanol–water partition coefficient (Wildman–Crippen LogP) is 3.75. The number of anilines is 1. The number of carbonyl (C=O) groups excluding carboxylic acids is 1. The fourth-order valence-corrected chi connectivity index (χ4v) is 3.48. The molecule has 0 radical (unpaired) electrons. The molecule has 0 aliphatic heterocycles. The Labute approximate surface area is 182 Å². The second kappa shape index (κ2) is 8.92. The number of benzene rings is 2. The lowest BCUT2D eigenvalue weighted by Gasteiger charge is -2.06. The zero-order chi connectivity index (χ0) is 21.8. The summed E-state index contributed by atoms with van der Waals surface area (Å²) in [5.41, 5.74) is 2.68. The van der Waals surface area contributed by atoms with Crippen LogP contribution in [0.25, 0.3) is 17.2 Å². The molecule has 1 N–H and O–H groups in total. The first kappa shape index (κ1) is 20.5. The maximum Gasteiger partial charge on any atom is 0.257 e. The maximum atomic E-state index is 12.4. The molecule has 0 atom stereocenters. The molecular weight excluding hydrogens is 416 g/mol. The van der Waals surface area contributed by atoms with Crippen molar-refractivity contribution >= 4 is 22.6 Å². The molecule has 0 saturated heterocycles. The molecule has 0 bridgehead atoms. The number of carbonyl (C=O) groups is 1. The average molecular weight is 436 g/mol. The molecule has 2 aromatic heterocycles. The normalized spacial score (nSPS) is 10.7. The fraction of sp³-hybridized carbons (Fsp3) is 0.190. The molecule has 0 saturated carbocycles. The van der Waals surface area contributed by atoms with Gasteiger partial charge in [-0.05, 0) is 62.4 Å². The third kappa shape index (κ3) is 4.38. The molecule has 4 rings (SSSR count). The Hall–Kier alpha value is -3.79. The molecule has 31 heavy (non-hydrogen) atoms. The second-order valence-corrected chi connectivity index (χ2v) is 7.22. The number of hydrogen-bond donors (Lipinski definition) is 1. The van der Waals surface area contributed by atoms with E-state index in [2.05, 4.69) is 25.0 Å². The van der Waals surface area contributed by atoms with Crippen LogP contribution in [0.2, 0.25) is 0 Å². The van der Waals surface area contributed by atoms with Gasteiger partial charge >= 0.3 is 0 Å². The van der Waals surface area contributed by atoms with Gasteiger partial charge in [0.05, 0.1) is 25.1 Å². The van der Waals surface area contributed by atoms with Crippen LogP contribution in [0.4, 0.5) is 5.13 Å². The molecule has 2 heterocycles. The first-order valence-electron chi connectivity index (χ1n) is 9.54. The van der Waals surface area contributed by atoms with E-state index in [1.54, 1.807) is 36.1 Å². The third-order valence-corrected chi connectivity index (χ3v) is 5.13. The van der Waals surface area contributed by atoms with Gasteiger partial charge in [-0.2, -0.15) is 9.36 Å². The Kier molecular flexibility index (Phi) is 5.89. The summed E-state index contributed by atoms with van der Waals surface area (Å²) in [7, 11) is 1.58. The smallest absolute Gasteiger partial charge is 0.257 e. The number of rotatable bonds is 7. The van der Waals surface area contributed by atoms with Crippen molar-refractivity contribution in [2.24, 2.45) is 0 Å². The van der Waals surface area contributed by atoms with Crippen molar-refractivity contribution in [1.29, 1.82) is 0 Å². The molecule has 1 amide bonds. The third-order valence-electron chi connectivity index (χ3n) is 4.50. The highest BCUT2D eigenvalue weighted by atomic mass is 32.1. The lowest BCUT2D eigenvalue weighted by atomic mass is 10.2. The number of nitrogens with one attached hydrogen (secondary N) is 1. The van der Waals surface area contributed by atoms with Crippen molar-refractivity contribution in [2.45, 2.75) is 13.8 Å².